The topological polar surface area (TPSA) is 88.9 Å². The van der Waals surface area contributed by atoms with Crippen molar-refractivity contribution in [1.82, 2.24) is 29.6 Å². The van der Waals surface area contributed by atoms with Crippen molar-refractivity contribution in [2.75, 3.05) is 20.2 Å². The quantitative estimate of drug-likeness (QED) is 0.840. The molecule has 1 amide bonds. The summed E-state index contributed by atoms with van der Waals surface area (Å²) < 4.78 is 7.01. The maximum atomic E-state index is 12.8. The van der Waals surface area contributed by atoms with Crippen molar-refractivity contribution < 1.29 is 9.53 Å². The van der Waals surface area contributed by atoms with Gasteiger partial charge in [-0.05, 0) is 24.7 Å². The fraction of sp³-hybridized carbons (Fsp3) is 0.647. The number of carbonyl (C=O) groups excluding carboxylic acids is 1. The van der Waals surface area contributed by atoms with Crippen molar-refractivity contribution in [3.05, 3.63) is 29.9 Å². The second-order valence-electron chi connectivity index (χ2n) is 7.15. The first kappa shape index (κ1) is 16.3. The molecule has 0 radical (unpaired) electrons. The fourth-order valence-corrected chi connectivity index (χ4v) is 3.81. The van der Waals surface area contributed by atoms with Crippen LogP contribution in [0.4, 0.5) is 0 Å². The number of imidazole rings is 1. The van der Waals surface area contributed by atoms with E-state index in [1.807, 2.05) is 16.5 Å². The number of methoxy groups -OCH3 is 1. The lowest BCUT2D eigenvalue weighted by molar-refractivity contribution is -0.129. The van der Waals surface area contributed by atoms with Gasteiger partial charge in [-0.15, -0.1) is 0 Å². The molecule has 8 nitrogen and oxygen atoms in total. The van der Waals surface area contributed by atoms with E-state index in [0.717, 1.165) is 23.9 Å². The SMILES string of the molecule is COCc1nc([C@H]2CN(C(=O)Cc3cncn3C)C[C@@H]2C2CC2)n[nH]1. The molecule has 0 spiro atoms. The number of ether oxygens (including phenoxy) is 1. The van der Waals surface area contributed by atoms with E-state index in [1.165, 1.54) is 12.8 Å². The van der Waals surface area contributed by atoms with Crippen molar-refractivity contribution in [2.24, 2.45) is 18.9 Å². The standard InChI is InChI=1S/C17H24N6O2/c1-22-10-18-6-12(22)5-16(24)23-7-13(11-3-4-11)14(8-23)17-19-15(9-25-2)20-21-17/h6,10-11,13-14H,3-5,7-9H2,1-2H3,(H,19,20,21)/t13-,14+/m1/s1. The zero-order chi connectivity index (χ0) is 17.4. The van der Waals surface area contributed by atoms with Crippen LogP contribution in [0, 0.1) is 11.8 Å². The Kier molecular flexibility index (Phi) is 4.29. The summed E-state index contributed by atoms with van der Waals surface area (Å²) >= 11 is 0. The van der Waals surface area contributed by atoms with Crippen molar-refractivity contribution in [1.29, 1.82) is 0 Å². The maximum Gasteiger partial charge on any atom is 0.228 e. The summed E-state index contributed by atoms with van der Waals surface area (Å²) in [4.78, 5) is 23.4. The Morgan fingerprint density at radius 1 is 1.40 bits per heavy atom. The summed E-state index contributed by atoms with van der Waals surface area (Å²) in [7, 11) is 3.56. The van der Waals surface area contributed by atoms with Gasteiger partial charge in [0.15, 0.2) is 11.6 Å². The molecule has 0 unspecified atom stereocenters. The van der Waals surface area contributed by atoms with Crippen LogP contribution in [0.25, 0.3) is 0 Å². The minimum Gasteiger partial charge on any atom is -0.377 e. The summed E-state index contributed by atoms with van der Waals surface area (Å²) in [6, 6.07) is 0. The van der Waals surface area contributed by atoms with E-state index in [0.29, 0.717) is 31.4 Å². The van der Waals surface area contributed by atoms with E-state index in [1.54, 1.807) is 19.6 Å². The van der Waals surface area contributed by atoms with Crippen molar-refractivity contribution in [3.8, 4) is 0 Å². The number of nitrogens with one attached hydrogen (secondary N) is 1. The number of carbonyl (C=O) groups is 1. The maximum absolute atomic E-state index is 12.8. The summed E-state index contributed by atoms with van der Waals surface area (Å²) in [5, 5.41) is 7.34. The monoisotopic (exact) mass is 344 g/mol. The van der Waals surface area contributed by atoms with Crippen LogP contribution in [0.1, 0.15) is 36.1 Å². The summed E-state index contributed by atoms with van der Waals surface area (Å²) in [6.07, 6.45) is 6.38. The van der Waals surface area contributed by atoms with E-state index in [4.69, 9.17) is 4.74 Å². The molecule has 25 heavy (non-hydrogen) atoms. The lowest BCUT2D eigenvalue weighted by Crippen LogP contribution is -2.31. The van der Waals surface area contributed by atoms with E-state index < -0.39 is 0 Å². The van der Waals surface area contributed by atoms with Crippen molar-refractivity contribution >= 4 is 5.91 Å². The third-order valence-corrected chi connectivity index (χ3v) is 5.36. The van der Waals surface area contributed by atoms with Gasteiger partial charge in [-0.25, -0.2) is 9.97 Å². The van der Waals surface area contributed by atoms with Gasteiger partial charge in [0.05, 0.1) is 12.7 Å². The number of aromatic amines is 1. The van der Waals surface area contributed by atoms with Crippen molar-refractivity contribution in [2.45, 2.75) is 31.8 Å². The van der Waals surface area contributed by atoms with Gasteiger partial charge in [-0.1, -0.05) is 0 Å². The molecule has 8 heteroatoms. The Hall–Kier alpha value is -2.22. The third-order valence-electron chi connectivity index (χ3n) is 5.36. The summed E-state index contributed by atoms with van der Waals surface area (Å²) in [5.41, 5.74) is 0.941. The van der Waals surface area contributed by atoms with Crippen LogP contribution in [-0.2, 0) is 29.6 Å². The molecular weight excluding hydrogens is 320 g/mol. The Morgan fingerprint density at radius 2 is 2.24 bits per heavy atom. The van der Waals surface area contributed by atoms with Gasteiger partial charge in [0.2, 0.25) is 5.91 Å². The van der Waals surface area contributed by atoms with Gasteiger partial charge in [-0.2, -0.15) is 5.10 Å². The van der Waals surface area contributed by atoms with Gasteiger partial charge in [0, 0.05) is 45.1 Å². The molecule has 0 aromatic carbocycles. The second-order valence-corrected chi connectivity index (χ2v) is 7.15. The lowest BCUT2D eigenvalue weighted by Gasteiger charge is -2.16. The largest absolute Gasteiger partial charge is 0.377 e. The molecule has 2 aliphatic rings. The zero-order valence-corrected chi connectivity index (χ0v) is 14.7. The van der Waals surface area contributed by atoms with Crippen LogP contribution in [0.15, 0.2) is 12.5 Å². The van der Waals surface area contributed by atoms with Gasteiger partial charge in [-0.3, -0.25) is 9.89 Å². The van der Waals surface area contributed by atoms with E-state index in [9.17, 15) is 4.79 Å². The smallest absolute Gasteiger partial charge is 0.228 e. The van der Waals surface area contributed by atoms with Gasteiger partial charge in [0.25, 0.3) is 0 Å². The molecular formula is C17H24N6O2. The zero-order valence-electron chi connectivity index (χ0n) is 14.7. The van der Waals surface area contributed by atoms with Crippen LogP contribution in [0.2, 0.25) is 0 Å². The summed E-state index contributed by atoms with van der Waals surface area (Å²) in [6.45, 7) is 1.93. The molecule has 2 aromatic heterocycles. The number of rotatable bonds is 6. The first-order chi connectivity index (χ1) is 12.2. The summed E-state index contributed by atoms with van der Waals surface area (Å²) in [5.74, 6) is 3.09. The minimum absolute atomic E-state index is 0.157. The number of aromatic nitrogens is 5. The number of likely N-dealkylation sites (tertiary alicyclic amines) is 1. The molecule has 3 heterocycles. The average Bonchev–Trinajstić information content (AvgIpc) is 2.99. The third kappa shape index (κ3) is 3.30. The van der Waals surface area contributed by atoms with Gasteiger partial charge >= 0.3 is 0 Å². The van der Waals surface area contributed by atoms with E-state index in [-0.39, 0.29) is 11.8 Å². The Morgan fingerprint density at radius 3 is 2.92 bits per heavy atom. The highest BCUT2D eigenvalue weighted by atomic mass is 16.5. The Labute approximate surface area is 146 Å². The highest BCUT2D eigenvalue weighted by Crippen LogP contribution is 2.47. The number of amides is 1. The minimum atomic E-state index is 0.157. The lowest BCUT2D eigenvalue weighted by atomic mass is 9.91. The highest BCUT2D eigenvalue weighted by molar-refractivity contribution is 5.78. The normalized spacial score (nSPS) is 23.4. The average molecular weight is 344 g/mol. The fourth-order valence-electron chi connectivity index (χ4n) is 3.81. The first-order valence-corrected chi connectivity index (χ1v) is 8.78. The molecule has 4 rings (SSSR count). The van der Waals surface area contributed by atoms with Crippen LogP contribution in [0.3, 0.4) is 0 Å². The number of H-pyrrole nitrogens is 1. The first-order valence-electron chi connectivity index (χ1n) is 8.78. The molecule has 0 bridgehead atoms. The number of aryl methyl sites for hydroxylation is 1. The van der Waals surface area contributed by atoms with E-state index >= 15 is 0 Å². The molecule has 1 saturated carbocycles. The molecule has 1 N–H and O–H groups in total. The Bertz CT molecular complexity index is 750. The molecule has 134 valence electrons. The van der Waals surface area contributed by atoms with Crippen LogP contribution in [0.5, 0.6) is 0 Å². The predicted molar refractivity (Wildman–Crippen MR) is 89.5 cm³/mol. The van der Waals surface area contributed by atoms with Gasteiger partial charge < -0.3 is 14.2 Å². The van der Waals surface area contributed by atoms with Crippen LogP contribution >= 0.6 is 0 Å². The molecule has 1 saturated heterocycles. The molecule has 2 aromatic rings. The number of hydrogen-bond acceptors (Lipinski definition) is 5. The van der Waals surface area contributed by atoms with Crippen LogP contribution < -0.4 is 0 Å². The molecule has 2 fully saturated rings. The van der Waals surface area contributed by atoms with Crippen molar-refractivity contribution in [3.63, 3.8) is 0 Å². The highest BCUT2D eigenvalue weighted by Gasteiger charge is 2.45. The number of hydrogen-bond donors (Lipinski definition) is 1. The predicted octanol–water partition coefficient (Wildman–Crippen LogP) is 0.879. The van der Waals surface area contributed by atoms with Gasteiger partial charge in [0.1, 0.15) is 6.61 Å². The number of nitrogens with zero attached hydrogens (tertiary/aromatic N) is 5. The van der Waals surface area contributed by atoms with E-state index in [2.05, 4.69) is 20.2 Å². The molecule has 2 atom stereocenters. The molecule has 1 aliphatic heterocycles. The second kappa shape index (κ2) is 6.59. The Balaban J connectivity index is 1.48. The van der Waals surface area contributed by atoms with Crippen LogP contribution in [-0.4, -0.2) is 55.7 Å². The molecule has 1 aliphatic carbocycles.